The van der Waals surface area contributed by atoms with Gasteiger partial charge >= 0.3 is 0 Å². The van der Waals surface area contributed by atoms with Crippen LogP contribution < -0.4 is 5.32 Å². The molecule has 0 radical (unpaired) electrons. The number of nitrogens with zero attached hydrogens (tertiary/aromatic N) is 7. The van der Waals surface area contributed by atoms with Crippen molar-refractivity contribution in [3.63, 3.8) is 0 Å². The van der Waals surface area contributed by atoms with Crippen LogP contribution in [0.4, 0.5) is 5.95 Å². The molecule has 1 saturated carbocycles. The zero-order valence-corrected chi connectivity index (χ0v) is 20.2. The van der Waals surface area contributed by atoms with Crippen LogP contribution in [0.3, 0.4) is 0 Å². The molecule has 0 spiro atoms. The third-order valence-electron chi connectivity index (χ3n) is 6.40. The van der Waals surface area contributed by atoms with Gasteiger partial charge in [-0.1, -0.05) is 30.3 Å². The van der Waals surface area contributed by atoms with Crippen molar-refractivity contribution in [2.75, 3.05) is 5.32 Å². The first-order chi connectivity index (χ1) is 17.6. The molecule has 1 aromatic carbocycles. The maximum absolute atomic E-state index is 9.86. The van der Waals surface area contributed by atoms with Crippen molar-refractivity contribution in [3.8, 4) is 28.7 Å². The number of hydrogen-bond donors (Lipinski definition) is 2. The van der Waals surface area contributed by atoms with E-state index in [2.05, 4.69) is 33.6 Å². The Kier molecular flexibility index (Phi) is 6.96. The number of aryl methyl sites for hydroxylation is 1. The maximum Gasteiger partial charge on any atom is 0.224 e. The summed E-state index contributed by atoms with van der Waals surface area (Å²) < 4.78 is 1.75. The van der Waals surface area contributed by atoms with Crippen LogP contribution in [0.5, 0.6) is 0 Å². The van der Waals surface area contributed by atoms with E-state index in [1.807, 2.05) is 48.7 Å². The largest absolute Gasteiger partial charge is 0.393 e. The number of hydrogen-bond acceptors (Lipinski definition) is 8. The third-order valence-corrected chi connectivity index (χ3v) is 6.40. The van der Waals surface area contributed by atoms with E-state index < -0.39 is 0 Å². The summed E-state index contributed by atoms with van der Waals surface area (Å²) in [6.45, 7) is 2.60. The van der Waals surface area contributed by atoms with Crippen molar-refractivity contribution < 1.29 is 5.11 Å². The molecule has 1 aliphatic carbocycles. The Morgan fingerprint density at radius 3 is 2.56 bits per heavy atom. The molecule has 5 rings (SSSR count). The monoisotopic (exact) mass is 480 g/mol. The summed E-state index contributed by atoms with van der Waals surface area (Å²) in [7, 11) is 0. The van der Waals surface area contributed by atoms with Crippen LogP contribution in [0.15, 0.2) is 54.7 Å². The molecule has 0 aliphatic heterocycles. The average molecular weight is 481 g/mol. The molecule has 182 valence electrons. The highest BCUT2D eigenvalue weighted by Crippen LogP contribution is 2.27. The second-order valence-electron chi connectivity index (χ2n) is 9.08. The quantitative estimate of drug-likeness (QED) is 0.407. The van der Waals surface area contributed by atoms with Gasteiger partial charge in [0, 0.05) is 17.3 Å². The van der Waals surface area contributed by atoms with E-state index >= 15 is 0 Å². The van der Waals surface area contributed by atoms with Crippen LogP contribution in [0, 0.1) is 11.3 Å². The smallest absolute Gasteiger partial charge is 0.224 e. The van der Waals surface area contributed by atoms with E-state index in [9.17, 15) is 10.4 Å². The van der Waals surface area contributed by atoms with Crippen LogP contribution in [0.1, 0.15) is 49.6 Å². The maximum atomic E-state index is 9.86. The van der Waals surface area contributed by atoms with Crippen LogP contribution in [-0.4, -0.2) is 47.2 Å². The molecule has 0 unspecified atom stereocenters. The lowest BCUT2D eigenvalue weighted by Gasteiger charge is -2.26. The number of aliphatic hydroxyl groups excluding tert-OH is 1. The minimum absolute atomic E-state index is 0.189. The lowest BCUT2D eigenvalue weighted by Crippen LogP contribution is -2.29. The minimum atomic E-state index is -0.234. The third kappa shape index (κ3) is 5.56. The number of nitriles is 1. The first kappa shape index (κ1) is 23.6. The predicted octanol–water partition coefficient (Wildman–Crippen LogP) is 3.99. The average Bonchev–Trinajstić information content (AvgIpc) is 3.38. The topological polar surface area (TPSA) is 125 Å². The van der Waals surface area contributed by atoms with Crippen molar-refractivity contribution in [2.24, 2.45) is 0 Å². The van der Waals surface area contributed by atoms with Gasteiger partial charge in [0.15, 0.2) is 0 Å². The van der Waals surface area contributed by atoms with Gasteiger partial charge in [-0.05, 0) is 62.4 Å². The molecular formula is C27H28N8O. The van der Waals surface area contributed by atoms with Gasteiger partial charge in [0.1, 0.15) is 5.69 Å². The van der Waals surface area contributed by atoms with Crippen molar-refractivity contribution in [2.45, 2.75) is 57.7 Å². The summed E-state index contributed by atoms with van der Waals surface area (Å²) >= 11 is 0. The lowest BCUT2D eigenvalue weighted by atomic mass is 9.93. The summed E-state index contributed by atoms with van der Waals surface area (Å²) in [4.78, 5) is 14.2. The molecule has 3 heterocycles. The molecule has 0 bridgehead atoms. The van der Waals surface area contributed by atoms with Gasteiger partial charge in [-0.3, -0.25) is 4.98 Å². The molecule has 0 atom stereocenters. The molecule has 3 aromatic heterocycles. The van der Waals surface area contributed by atoms with E-state index in [0.717, 1.165) is 49.1 Å². The highest BCUT2D eigenvalue weighted by atomic mass is 16.3. The number of rotatable bonds is 7. The van der Waals surface area contributed by atoms with Gasteiger partial charge in [0.2, 0.25) is 5.95 Å². The molecule has 4 aromatic rings. The number of aliphatic hydroxyl groups is 1. The number of benzene rings is 1. The normalized spacial score (nSPS) is 17.5. The van der Waals surface area contributed by atoms with E-state index in [4.69, 9.17) is 9.97 Å². The zero-order valence-electron chi connectivity index (χ0n) is 20.2. The molecule has 2 N–H and O–H groups in total. The molecule has 0 saturated heterocycles. The van der Waals surface area contributed by atoms with Crippen LogP contribution >= 0.6 is 0 Å². The summed E-state index contributed by atoms with van der Waals surface area (Å²) in [5, 5.41) is 31.3. The minimum Gasteiger partial charge on any atom is -0.393 e. The van der Waals surface area contributed by atoms with Crippen LogP contribution in [-0.2, 0) is 13.0 Å². The number of aromatic nitrogens is 6. The fourth-order valence-electron chi connectivity index (χ4n) is 4.41. The van der Waals surface area contributed by atoms with Gasteiger partial charge in [0.05, 0.1) is 47.6 Å². The van der Waals surface area contributed by atoms with Crippen molar-refractivity contribution in [3.05, 3.63) is 71.7 Å². The fraction of sp³-hybridized carbons (Fsp3) is 0.333. The highest BCUT2D eigenvalue weighted by Gasteiger charge is 2.21. The Labute approximate surface area is 209 Å². The number of nitrogens with one attached hydrogen (secondary N) is 1. The first-order valence-electron chi connectivity index (χ1n) is 12.3. The summed E-state index contributed by atoms with van der Waals surface area (Å²) in [5.74, 6) is 0.498. The first-order valence-corrected chi connectivity index (χ1v) is 12.3. The molecule has 1 aliphatic rings. The predicted molar refractivity (Wildman–Crippen MR) is 136 cm³/mol. The molecule has 36 heavy (non-hydrogen) atoms. The number of anilines is 1. The Morgan fingerprint density at radius 2 is 1.75 bits per heavy atom. The molecule has 9 nitrogen and oxygen atoms in total. The van der Waals surface area contributed by atoms with Gasteiger partial charge in [0.25, 0.3) is 0 Å². The zero-order chi connectivity index (χ0) is 24.9. The van der Waals surface area contributed by atoms with Crippen molar-refractivity contribution in [1.29, 1.82) is 5.26 Å². The van der Waals surface area contributed by atoms with Crippen molar-refractivity contribution in [1.82, 2.24) is 29.9 Å². The Balaban J connectivity index is 1.46. The summed E-state index contributed by atoms with van der Waals surface area (Å²) in [5.41, 5.74) is 5.32. The molecule has 9 heteroatoms. The Hall–Kier alpha value is -4.16. The van der Waals surface area contributed by atoms with Crippen molar-refractivity contribution >= 4 is 5.95 Å². The number of pyridine rings is 1. The SMILES string of the molecule is CCc1cccc(Cn2cc(-c3cc(-c4cccc(C#N)c4)nc(N[C@H]4CC[C@H](O)CC4)n3)nn2)n1. The second kappa shape index (κ2) is 10.6. The summed E-state index contributed by atoms with van der Waals surface area (Å²) in [6, 6.07) is 17.6. The van der Waals surface area contributed by atoms with Gasteiger partial charge < -0.3 is 10.4 Å². The van der Waals surface area contributed by atoms with E-state index in [0.29, 0.717) is 35.1 Å². The van der Waals surface area contributed by atoms with E-state index in [1.165, 1.54) is 0 Å². The molecule has 1 fully saturated rings. The summed E-state index contributed by atoms with van der Waals surface area (Å²) in [6.07, 6.45) is 5.73. The Morgan fingerprint density at radius 1 is 0.972 bits per heavy atom. The van der Waals surface area contributed by atoms with Crippen LogP contribution in [0.25, 0.3) is 22.6 Å². The van der Waals surface area contributed by atoms with Gasteiger partial charge in [-0.25, -0.2) is 14.6 Å². The molecular weight excluding hydrogens is 452 g/mol. The fourth-order valence-corrected chi connectivity index (χ4v) is 4.41. The van der Waals surface area contributed by atoms with Gasteiger partial charge in [-0.2, -0.15) is 5.26 Å². The second-order valence-corrected chi connectivity index (χ2v) is 9.08. The van der Waals surface area contributed by atoms with E-state index in [1.54, 1.807) is 10.7 Å². The Bertz CT molecular complexity index is 1380. The molecule has 0 amide bonds. The highest BCUT2D eigenvalue weighted by molar-refractivity contribution is 5.68. The van der Waals surface area contributed by atoms with Crippen LogP contribution in [0.2, 0.25) is 0 Å². The van der Waals surface area contributed by atoms with Gasteiger partial charge in [-0.15, -0.1) is 5.10 Å². The van der Waals surface area contributed by atoms with E-state index in [-0.39, 0.29) is 12.1 Å². The standard InChI is InChI=1S/C27H28N8O/c1-2-20-7-4-8-22(29-20)16-35-17-26(33-34-35)25-14-24(19-6-3-5-18(13-19)15-28)31-27(32-25)30-21-9-11-23(36)12-10-21/h3-8,13-14,17,21,23,36H,2,9-12,16H2,1H3,(H,30,31,32)/t21-,23-. The lowest BCUT2D eigenvalue weighted by molar-refractivity contribution is 0.126.